The molecule has 1 aliphatic rings. The zero-order valence-electron chi connectivity index (χ0n) is 14.5. The van der Waals surface area contributed by atoms with Crippen molar-refractivity contribution in [1.82, 2.24) is 10.6 Å². The van der Waals surface area contributed by atoms with Crippen LogP contribution >= 0.6 is 12.4 Å². The van der Waals surface area contributed by atoms with Crippen molar-refractivity contribution >= 4 is 24.2 Å². The summed E-state index contributed by atoms with van der Waals surface area (Å²) in [5.41, 5.74) is 6.38. The highest BCUT2D eigenvalue weighted by atomic mass is 35.5. The standard InChI is InChI=1S/C18H26FN3O2.ClH/c1-18(20)8-3-2-7-15(18)17(24)22-10-9-21-16(23)12-13-5-4-6-14(19)11-13;/h4-6,11,15H,2-3,7-10,12,20H2,1H3,(H,21,23)(H,22,24);1H. The quantitative estimate of drug-likeness (QED) is 0.668. The molecule has 2 rings (SSSR count). The van der Waals surface area contributed by atoms with Gasteiger partial charge in [-0.3, -0.25) is 9.59 Å². The summed E-state index contributed by atoms with van der Waals surface area (Å²) in [5.74, 6) is -0.769. The van der Waals surface area contributed by atoms with Gasteiger partial charge in [-0.2, -0.15) is 0 Å². The van der Waals surface area contributed by atoms with Crippen LogP contribution in [-0.2, 0) is 16.0 Å². The maximum absolute atomic E-state index is 13.1. The monoisotopic (exact) mass is 371 g/mol. The molecule has 0 bridgehead atoms. The van der Waals surface area contributed by atoms with E-state index in [1.54, 1.807) is 12.1 Å². The number of rotatable bonds is 6. The number of halogens is 2. The van der Waals surface area contributed by atoms with Crippen LogP contribution in [0.15, 0.2) is 24.3 Å². The van der Waals surface area contributed by atoms with Gasteiger partial charge >= 0.3 is 0 Å². The molecule has 140 valence electrons. The first kappa shape index (κ1) is 21.4. The van der Waals surface area contributed by atoms with Gasteiger partial charge in [0.05, 0.1) is 12.3 Å². The lowest BCUT2D eigenvalue weighted by Crippen LogP contribution is -2.53. The molecule has 4 N–H and O–H groups in total. The SMILES string of the molecule is CC1(N)CCCCC1C(=O)NCCNC(=O)Cc1cccc(F)c1.Cl. The number of amides is 2. The van der Waals surface area contributed by atoms with E-state index in [0.717, 1.165) is 25.7 Å². The fourth-order valence-corrected chi connectivity index (χ4v) is 3.19. The summed E-state index contributed by atoms with van der Waals surface area (Å²) in [7, 11) is 0. The molecule has 2 amide bonds. The number of hydrogen-bond acceptors (Lipinski definition) is 3. The Bertz CT molecular complexity index is 595. The molecular formula is C18H27ClFN3O2. The summed E-state index contributed by atoms with van der Waals surface area (Å²) in [6, 6.07) is 5.96. The van der Waals surface area contributed by atoms with E-state index < -0.39 is 5.54 Å². The van der Waals surface area contributed by atoms with Gasteiger partial charge in [0.15, 0.2) is 0 Å². The minimum Gasteiger partial charge on any atom is -0.354 e. The summed E-state index contributed by atoms with van der Waals surface area (Å²) in [5, 5.41) is 5.56. The average Bonchev–Trinajstić information content (AvgIpc) is 2.51. The highest BCUT2D eigenvalue weighted by Crippen LogP contribution is 2.31. The van der Waals surface area contributed by atoms with Crippen LogP contribution in [0.1, 0.15) is 38.2 Å². The lowest BCUT2D eigenvalue weighted by atomic mass is 9.74. The van der Waals surface area contributed by atoms with Crippen LogP contribution in [0.2, 0.25) is 0 Å². The maximum atomic E-state index is 13.1. The van der Waals surface area contributed by atoms with Gasteiger partial charge in [0, 0.05) is 18.6 Å². The second-order valence-corrected chi connectivity index (χ2v) is 6.75. The average molecular weight is 372 g/mol. The van der Waals surface area contributed by atoms with E-state index in [0.29, 0.717) is 18.7 Å². The minimum atomic E-state index is -0.455. The highest BCUT2D eigenvalue weighted by Gasteiger charge is 2.37. The molecule has 1 aliphatic carbocycles. The highest BCUT2D eigenvalue weighted by molar-refractivity contribution is 5.85. The van der Waals surface area contributed by atoms with Crippen molar-refractivity contribution in [1.29, 1.82) is 0 Å². The summed E-state index contributed by atoms with van der Waals surface area (Å²) < 4.78 is 13.1. The topological polar surface area (TPSA) is 84.2 Å². The Morgan fingerprint density at radius 2 is 2.00 bits per heavy atom. The Morgan fingerprint density at radius 1 is 1.28 bits per heavy atom. The molecule has 1 aromatic rings. The Kier molecular flexibility index (Phi) is 8.32. The Balaban J connectivity index is 0.00000312. The summed E-state index contributed by atoms with van der Waals surface area (Å²) in [6.07, 6.45) is 3.87. The molecular weight excluding hydrogens is 345 g/mol. The first-order chi connectivity index (χ1) is 11.4. The number of nitrogens with one attached hydrogen (secondary N) is 2. The molecule has 0 aliphatic heterocycles. The van der Waals surface area contributed by atoms with Crippen LogP contribution in [-0.4, -0.2) is 30.4 Å². The number of benzene rings is 1. The smallest absolute Gasteiger partial charge is 0.225 e. The molecule has 0 heterocycles. The van der Waals surface area contributed by atoms with Crippen molar-refractivity contribution in [2.75, 3.05) is 13.1 Å². The van der Waals surface area contributed by atoms with Gasteiger partial charge in [0.25, 0.3) is 0 Å². The van der Waals surface area contributed by atoms with Crippen LogP contribution in [0.5, 0.6) is 0 Å². The molecule has 7 heteroatoms. The van der Waals surface area contributed by atoms with Crippen molar-refractivity contribution in [2.45, 2.75) is 44.6 Å². The lowest BCUT2D eigenvalue weighted by molar-refractivity contribution is -0.128. The normalized spacial score (nSPS) is 22.6. The van der Waals surface area contributed by atoms with E-state index in [9.17, 15) is 14.0 Å². The van der Waals surface area contributed by atoms with Crippen molar-refractivity contribution in [3.63, 3.8) is 0 Å². The van der Waals surface area contributed by atoms with E-state index >= 15 is 0 Å². The van der Waals surface area contributed by atoms with Gasteiger partial charge < -0.3 is 16.4 Å². The molecule has 25 heavy (non-hydrogen) atoms. The van der Waals surface area contributed by atoms with E-state index in [4.69, 9.17) is 5.73 Å². The molecule has 0 saturated heterocycles. The van der Waals surface area contributed by atoms with Crippen molar-refractivity contribution < 1.29 is 14.0 Å². The van der Waals surface area contributed by atoms with Crippen LogP contribution in [0, 0.1) is 11.7 Å². The number of nitrogens with two attached hydrogens (primary N) is 1. The van der Waals surface area contributed by atoms with Crippen molar-refractivity contribution in [3.05, 3.63) is 35.6 Å². The van der Waals surface area contributed by atoms with Gasteiger partial charge in [0.1, 0.15) is 5.82 Å². The number of carbonyl (C=O) groups excluding carboxylic acids is 2. The molecule has 2 atom stereocenters. The van der Waals surface area contributed by atoms with Gasteiger partial charge in [-0.25, -0.2) is 4.39 Å². The molecule has 1 saturated carbocycles. The van der Waals surface area contributed by atoms with E-state index in [1.165, 1.54) is 12.1 Å². The van der Waals surface area contributed by atoms with Gasteiger partial charge in [-0.1, -0.05) is 25.0 Å². The van der Waals surface area contributed by atoms with Crippen LogP contribution in [0.3, 0.4) is 0 Å². The predicted octanol–water partition coefficient (Wildman–Crippen LogP) is 1.93. The van der Waals surface area contributed by atoms with E-state index in [2.05, 4.69) is 10.6 Å². The molecule has 1 fully saturated rings. The number of hydrogen-bond donors (Lipinski definition) is 3. The zero-order chi connectivity index (χ0) is 17.6. The Labute approximate surface area is 154 Å². The van der Waals surface area contributed by atoms with Crippen LogP contribution in [0.4, 0.5) is 4.39 Å². The molecule has 5 nitrogen and oxygen atoms in total. The maximum Gasteiger partial charge on any atom is 0.225 e. The largest absolute Gasteiger partial charge is 0.354 e. The first-order valence-corrected chi connectivity index (χ1v) is 8.46. The van der Waals surface area contributed by atoms with E-state index in [-0.39, 0.29) is 42.4 Å². The van der Waals surface area contributed by atoms with E-state index in [1.807, 2.05) is 6.92 Å². The third-order valence-electron chi connectivity index (χ3n) is 4.57. The van der Waals surface area contributed by atoms with Gasteiger partial charge in [-0.15, -0.1) is 12.4 Å². The molecule has 1 aromatic carbocycles. The lowest BCUT2D eigenvalue weighted by Gasteiger charge is -2.37. The minimum absolute atomic E-state index is 0. The van der Waals surface area contributed by atoms with Crippen LogP contribution < -0.4 is 16.4 Å². The summed E-state index contributed by atoms with van der Waals surface area (Å²) in [4.78, 5) is 24.0. The Morgan fingerprint density at radius 3 is 2.68 bits per heavy atom. The van der Waals surface area contributed by atoms with Crippen molar-refractivity contribution in [2.24, 2.45) is 11.7 Å². The predicted molar refractivity (Wildman–Crippen MR) is 97.9 cm³/mol. The molecule has 0 radical (unpaired) electrons. The number of carbonyl (C=O) groups is 2. The summed E-state index contributed by atoms with van der Waals surface area (Å²) in [6.45, 7) is 2.63. The van der Waals surface area contributed by atoms with Crippen LogP contribution in [0.25, 0.3) is 0 Å². The summed E-state index contributed by atoms with van der Waals surface area (Å²) >= 11 is 0. The first-order valence-electron chi connectivity index (χ1n) is 8.46. The third-order valence-corrected chi connectivity index (χ3v) is 4.57. The Hall–Kier alpha value is -1.66. The van der Waals surface area contributed by atoms with Gasteiger partial charge in [0.2, 0.25) is 11.8 Å². The molecule has 0 aromatic heterocycles. The molecule has 0 spiro atoms. The second-order valence-electron chi connectivity index (χ2n) is 6.75. The third kappa shape index (κ3) is 6.63. The van der Waals surface area contributed by atoms with Gasteiger partial charge in [-0.05, 0) is 37.5 Å². The zero-order valence-corrected chi connectivity index (χ0v) is 15.3. The fraction of sp³-hybridized carbons (Fsp3) is 0.556. The second kappa shape index (κ2) is 9.73. The fourth-order valence-electron chi connectivity index (χ4n) is 3.19. The van der Waals surface area contributed by atoms with Crippen molar-refractivity contribution in [3.8, 4) is 0 Å². The molecule has 2 unspecified atom stereocenters.